The first-order valence-electron chi connectivity index (χ1n) is 5.41. The van der Waals surface area contributed by atoms with Crippen LogP contribution < -0.4 is 5.32 Å². The molecule has 3 aliphatic rings. The van der Waals surface area contributed by atoms with E-state index in [1.165, 1.54) is 32.5 Å². The summed E-state index contributed by atoms with van der Waals surface area (Å²) >= 11 is 0. The maximum Gasteiger partial charge on any atom is 0.0593 e. The lowest BCUT2D eigenvalue weighted by Crippen LogP contribution is -2.58. The van der Waals surface area contributed by atoms with E-state index in [1.54, 1.807) is 0 Å². The fourth-order valence-corrected chi connectivity index (χ4v) is 2.35. The molecule has 4 heteroatoms. The Hall–Kier alpha value is 0.170. The van der Waals surface area contributed by atoms with Gasteiger partial charge in [0.05, 0.1) is 13.2 Å². The molecule has 1 spiro atoms. The van der Waals surface area contributed by atoms with Crippen molar-refractivity contribution >= 4 is 12.4 Å². The zero-order valence-corrected chi connectivity index (χ0v) is 9.31. The standard InChI is InChI=1S/C10H18N2O.ClH/c1-2-10(1)7-12(3-4-13-8-10)9-5-11-6-9;/h9,11H,1-8H2;1H. The summed E-state index contributed by atoms with van der Waals surface area (Å²) in [6, 6.07) is 0.805. The van der Waals surface area contributed by atoms with Gasteiger partial charge < -0.3 is 10.1 Å². The Kier molecular flexibility index (Phi) is 3.03. The first-order valence-corrected chi connectivity index (χ1v) is 5.41. The van der Waals surface area contributed by atoms with E-state index in [0.717, 1.165) is 25.8 Å². The Labute approximate surface area is 91.6 Å². The van der Waals surface area contributed by atoms with Crippen LogP contribution in [0.1, 0.15) is 12.8 Å². The van der Waals surface area contributed by atoms with E-state index in [-0.39, 0.29) is 12.4 Å². The Morgan fingerprint density at radius 3 is 2.64 bits per heavy atom. The van der Waals surface area contributed by atoms with Crippen LogP contribution in [0.5, 0.6) is 0 Å². The topological polar surface area (TPSA) is 24.5 Å². The number of hydrogen-bond acceptors (Lipinski definition) is 3. The molecule has 3 fully saturated rings. The molecule has 14 heavy (non-hydrogen) atoms. The van der Waals surface area contributed by atoms with Gasteiger partial charge in [-0.1, -0.05) is 0 Å². The van der Waals surface area contributed by atoms with Gasteiger partial charge in [0.2, 0.25) is 0 Å². The monoisotopic (exact) mass is 218 g/mol. The smallest absolute Gasteiger partial charge is 0.0593 e. The number of halogens is 1. The van der Waals surface area contributed by atoms with E-state index in [1.807, 2.05) is 0 Å². The van der Waals surface area contributed by atoms with E-state index in [9.17, 15) is 0 Å². The lowest BCUT2D eigenvalue weighted by Gasteiger charge is -2.38. The average Bonchev–Trinajstić information content (AvgIpc) is 2.78. The molecule has 1 aliphatic carbocycles. The number of nitrogens with one attached hydrogen (secondary N) is 1. The largest absolute Gasteiger partial charge is 0.379 e. The molecule has 0 amide bonds. The summed E-state index contributed by atoms with van der Waals surface area (Å²) in [7, 11) is 0. The van der Waals surface area contributed by atoms with Crippen LogP contribution in [0.4, 0.5) is 0 Å². The summed E-state index contributed by atoms with van der Waals surface area (Å²) in [6.07, 6.45) is 2.79. The lowest BCUT2D eigenvalue weighted by molar-refractivity contribution is 0.112. The lowest BCUT2D eigenvalue weighted by atomic mass is 10.0. The summed E-state index contributed by atoms with van der Waals surface area (Å²) in [5.41, 5.74) is 0.575. The summed E-state index contributed by atoms with van der Waals surface area (Å²) in [5.74, 6) is 0. The van der Waals surface area contributed by atoms with Crippen LogP contribution in [0, 0.1) is 5.41 Å². The molecule has 1 saturated carbocycles. The third-order valence-corrected chi connectivity index (χ3v) is 3.70. The second kappa shape index (κ2) is 3.97. The number of rotatable bonds is 1. The fourth-order valence-electron chi connectivity index (χ4n) is 2.35. The molecule has 0 atom stereocenters. The third-order valence-electron chi connectivity index (χ3n) is 3.70. The highest BCUT2D eigenvalue weighted by Crippen LogP contribution is 2.47. The maximum atomic E-state index is 5.66. The van der Waals surface area contributed by atoms with Crippen molar-refractivity contribution in [3.63, 3.8) is 0 Å². The molecule has 0 aromatic heterocycles. The van der Waals surface area contributed by atoms with Crippen LogP contribution in [-0.2, 0) is 4.74 Å². The van der Waals surface area contributed by atoms with Crippen LogP contribution >= 0.6 is 12.4 Å². The first kappa shape index (κ1) is 10.7. The first-order chi connectivity index (χ1) is 6.38. The second-order valence-corrected chi connectivity index (χ2v) is 4.84. The quantitative estimate of drug-likeness (QED) is 0.694. The van der Waals surface area contributed by atoms with Crippen molar-refractivity contribution in [3.05, 3.63) is 0 Å². The molecule has 0 radical (unpaired) electrons. The highest BCUT2D eigenvalue weighted by Gasteiger charge is 2.46. The molecule has 0 aromatic carbocycles. The predicted molar refractivity (Wildman–Crippen MR) is 58.0 cm³/mol. The zero-order valence-electron chi connectivity index (χ0n) is 8.50. The molecule has 2 saturated heterocycles. The van der Waals surface area contributed by atoms with Gasteiger partial charge in [-0.15, -0.1) is 12.4 Å². The van der Waals surface area contributed by atoms with Gasteiger partial charge >= 0.3 is 0 Å². The van der Waals surface area contributed by atoms with Gasteiger partial charge in [0.15, 0.2) is 0 Å². The minimum absolute atomic E-state index is 0. The number of nitrogens with zero attached hydrogens (tertiary/aromatic N) is 1. The van der Waals surface area contributed by atoms with Crippen LogP contribution in [0.3, 0.4) is 0 Å². The van der Waals surface area contributed by atoms with Crippen molar-refractivity contribution in [2.24, 2.45) is 5.41 Å². The highest BCUT2D eigenvalue weighted by molar-refractivity contribution is 5.85. The van der Waals surface area contributed by atoms with Crippen LogP contribution in [0.2, 0.25) is 0 Å². The molecule has 3 nitrogen and oxygen atoms in total. The molecule has 2 heterocycles. The third kappa shape index (κ3) is 1.91. The van der Waals surface area contributed by atoms with E-state index in [2.05, 4.69) is 10.2 Å². The van der Waals surface area contributed by atoms with E-state index >= 15 is 0 Å². The molecule has 0 bridgehead atoms. The van der Waals surface area contributed by atoms with Crippen molar-refractivity contribution in [1.82, 2.24) is 10.2 Å². The van der Waals surface area contributed by atoms with Crippen LogP contribution in [0.15, 0.2) is 0 Å². The Morgan fingerprint density at radius 2 is 2.07 bits per heavy atom. The fraction of sp³-hybridized carbons (Fsp3) is 1.00. The van der Waals surface area contributed by atoms with Crippen molar-refractivity contribution in [2.75, 3.05) is 39.4 Å². The number of ether oxygens (including phenoxy) is 1. The molecular weight excluding hydrogens is 200 g/mol. The molecular formula is C10H19ClN2O. The molecule has 82 valence electrons. The van der Waals surface area contributed by atoms with Gasteiger partial charge in [0, 0.05) is 37.6 Å². The minimum Gasteiger partial charge on any atom is -0.379 e. The normalized spacial score (nSPS) is 31.7. The van der Waals surface area contributed by atoms with Crippen LogP contribution in [-0.4, -0.2) is 50.3 Å². The van der Waals surface area contributed by atoms with Crippen molar-refractivity contribution < 1.29 is 4.74 Å². The predicted octanol–water partition coefficient (Wildman–Crippen LogP) is 0.492. The Bertz CT molecular complexity index is 204. The van der Waals surface area contributed by atoms with Gasteiger partial charge in [0.25, 0.3) is 0 Å². The van der Waals surface area contributed by atoms with E-state index in [0.29, 0.717) is 5.41 Å². The summed E-state index contributed by atoms with van der Waals surface area (Å²) < 4.78 is 5.66. The minimum atomic E-state index is 0. The van der Waals surface area contributed by atoms with Gasteiger partial charge in [-0.2, -0.15) is 0 Å². The van der Waals surface area contributed by atoms with Crippen molar-refractivity contribution in [1.29, 1.82) is 0 Å². The van der Waals surface area contributed by atoms with E-state index < -0.39 is 0 Å². The number of hydrogen-bond donors (Lipinski definition) is 1. The summed E-state index contributed by atoms with van der Waals surface area (Å²) in [5, 5.41) is 3.34. The van der Waals surface area contributed by atoms with Gasteiger partial charge in [0.1, 0.15) is 0 Å². The summed E-state index contributed by atoms with van der Waals surface area (Å²) in [4.78, 5) is 2.64. The van der Waals surface area contributed by atoms with Crippen molar-refractivity contribution in [2.45, 2.75) is 18.9 Å². The Morgan fingerprint density at radius 1 is 1.29 bits per heavy atom. The SMILES string of the molecule is C1CN(C2CNC2)CC2(CC2)CO1.Cl. The Balaban J connectivity index is 0.000000750. The molecule has 2 aliphatic heterocycles. The van der Waals surface area contributed by atoms with Gasteiger partial charge in [-0.05, 0) is 12.8 Å². The molecule has 3 rings (SSSR count). The molecule has 1 N–H and O–H groups in total. The molecule has 0 unspecified atom stereocenters. The molecule has 0 aromatic rings. The maximum absolute atomic E-state index is 5.66. The van der Waals surface area contributed by atoms with E-state index in [4.69, 9.17) is 4.74 Å². The second-order valence-electron chi connectivity index (χ2n) is 4.84. The summed E-state index contributed by atoms with van der Waals surface area (Å²) in [6.45, 7) is 6.78. The van der Waals surface area contributed by atoms with Crippen LogP contribution in [0.25, 0.3) is 0 Å². The average molecular weight is 219 g/mol. The van der Waals surface area contributed by atoms with Crippen molar-refractivity contribution in [3.8, 4) is 0 Å². The zero-order chi connectivity index (χ0) is 8.73. The van der Waals surface area contributed by atoms with Gasteiger partial charge in [-0.3, -0.25) is 4.90 Å². The highest BCUT2D eigenvalue weighted by atomic mass is 35.5. The van der Waals surface area contributed by atoms with Gasteiger partial charge in [-0.25, -0.2) is 0 Å².